The van der Waals surface area contributed by atoms with E-state index in [0.717, 1.165) is 6.54 Å². The fraction of sp³-hybridized carbons (Fsp3) is 0.600. The number of nitrogens with one attached hydrogen (secondary N) is 1. The van der Waals surface area contributed by atoms with Gasteiger partial charge in [0.1, 0.15) is 0 Å². The molecule has 2 rings (SSSR count). The fourth-order valence-electron chi connectivity index (χ4n) is 2.32. The van der Waals surface area contributed by atoms with Crippen molar-refractivity contribution in [3.05, 3.63) is 18.0 Å². The summed E-state index contributed by atoms with van der Waals surface area (Å²) in [4.78, 5) is 37.7. The number of aromatic nitrogens is 2. The zero-order chi connectivity index (χ0) is 16.8. The topological polar surface area (TPSA) is 81.7 Å². The van der Waals surface area contributed by atoms with E-state index in [1.807, 2.05) is 28.8 Å². The molecule has 8 heteroatoms. The van der Waals surface area contributed by atoms with Crippen molar-refractivity contribution < 1.29 is 9.59 Å². The number of amides is 2. The monoisotopic (exact) mass is 320 g/mol. The maximum Gasteiger partial charge on any atom is 0.254 e. The van der Waals surface area contributed by atoms with E-state index in [0.29, 0.717) is 44.2 Å². The first-order chi connectivity index (χ1) is 11.0. The predicted octanol–water partition coefficient (Wildman–Crippen LogP) is -0.563. The molecule has 1 aliphatic heterocycles. The number of hydrogen-bond acceptors (Lipinski definition) is 6. The molecule has 0 spiro atoms. The standard InChI is InChI=1S/C15H24N6O2/c1-12(22)20-6-8-21(9-7-20)15-17-10-13(11-18-15)14(23)16-4-5-19(2)3/h10-11H,4-9H2,1-3H3,(H,16,23). The van der Waals surface area contributed by atoms with Gasteiger partial charge in [-0.05, 0) is 14.1 Å². The molecule has 0 radical (unpaired) electrons. The minimum Gasteiger partial charge on any atom is -0.351 e. The zero-order valence-electron chi connectivity index (χ0n) is 13.9. The highest BCUT2D eigenvalue weighted by Crippen LogP contribution is 2.11. The average Bonchev–Trinajstić information content (AvgIpc) is 2.54. The Morgan fingerprint density at radius 2 is 1.78 bits per heavy atom. The van der Waals surface area contributed by atoms with Crippen molar-refractivity contribution in [1.82, 2.24) is 25.1 Å². The molecule has 2 amide bonds. The summed E-state index contributed by atoms with van der Waals surface area (Å²) in [6, 6.07) is 0. The van der Waals surface area contributed by atoms with Crippen LogP contribution in [0.25, 0.3) is 0 Å². The first-order valence-corrected chi connectivity index (χ1v) is 7.73. The van der Waals surface area contributed by atoms with Gasteiger partial charge >= 0.3 is 0 Å². The third kappa shape index (κ3) is 4.88. The van der Waals surface area contributed by atoms with Gasteiger partial charge in [-0.3, -0.25) is 9.59 Å². The molecule has 1 aromatic heterocycles. The lowest BCUT2D eigenvalue weighted by Crippen LogP contribution is -2.48. The smallest absolute Gasteiger partial charge is 0.254 e. The maximum atomic E-state index is 12.0. The van der Waals surface area contributed by atoms with E-state index < -0.39 is 0 Å². The Kier molecular flexibility index (Phi) is 5.86. The second-order valence-electron chi connectivity index (χ2n) is 5.82. The second kappa shape index (κ2) is 7.87. The molecule has 126 valence electrons. The minimum atomic E-state index is -0.167. The fourth-order valence-corrected chi connectivity index (χ4v) is 2.32. The molecule has 1 aromatic rings. The largest absolute Gasteiger partial charge is 0.351 e. The lowest BCUT2D eigenvalue weighted by Gasteiger charge is -2.34. The molecule has 1 aliphatic rings. The molecule has 0 bridgehead atoms. The van der Waals surface area contributed by atoms with Crippen LogP contribution in [0.15, 0.2) is 12.4 Å². The zero-order valence-corrected chi connectivity index (χ0v) is 13.9. The van der Waals surface area contributed by atoms with E-state index >= 15 is 0 Å². The van der Waals surface area contributed by atoms with Crippen molar-refractivity contribution in [3.63, 3.8) is 0 Å². The average molecular weight is 320 g/mol. The summed E-state index contributed by atoms with van der Waals surface area (Å²) in [5.74, 6) is 0.521. The summed E-state index contributed by atoms with van der Waals surface area (Å²) in [5.41, 5.74) is 0.454. The maximum absolute atomic E-state index is 12.0. The van der Waals surface area contributed by atoms with Gasteiger partial charge in [0, 0.05) is 58.6 Å². The number of carbonyl (C=O) groups excluding carboxylic acids is 2. The second-order valence-corrected chi connectivity index (χ2v) is 5.82. The van der Waals surface area contributed by atoms with Crippen molar-refractivity contribution in [2.75, 3.05) is 58.3 Å². The summed E-state index contributed by atoms with van der Waals surface area (Å²) in [7, 11) is 3.91. The first-order valence-electron chi connectivity index (χ1n) is 7.73. The quantitative estimate of drug-likeness (QED) is 0.783. The molecule has 1 saturated heterocycles. The number of piperazine rings is 1. The molecule has 23 heavy (non-hydrogen) atoms. The molecule has 8 nitrogen and oxygen atoms in total. The van der Waals surface area contributed by atoms with Crippen LogP contribution in [-0.4, -0.2) is 84.9 Å². The van der Waals surface area contributed by atoms with Gasteiger partial charge in [-0.2, -0.15) is 0 Å². The minimum absolute atomic E-state index is 0.0929. The lowest BCUT2D eigenvalue weighted by molar-refractivity contribution is -0.129. The number of anilines is 1. The predicted molar refractivity (Wildman–Crippen MR) is 87.4 cm³/mol. The van der Waals surface area contributed by atoms with Crippen molar-refractivity contribution in [2.45, 2.75) is 6.92 Å². The number of nitrogens with zero attached hydrogens (tertiary/aromatic N) is 5. The molecule has 1 N–H and O–H groups in total. The molecular formula is C15H24N6O2. The Morgan fingerprint density at radius 3 is 2.30 bits per heavy atom. The van der Waals surface area contributed by atoms with Crippen molar-refractivity contribution >= 4 is 17.8 Å². The number of hydrogen-bond donors (Lipinski definition) is 1. The van der Waals surface area contributed by atoms with E-state index in [-0.39, 0.29) is 11.8 Å². The van der Waals surface area contributed by atoms with Crippen molar-refractivity contribution in [1.29, 1.82) is 0 Å². The highest BCUT2D eigenvalue weighted by atomic mass is 16.2. The Bertz CT molecular complexity index is 537. The summed E-state index contributed by atoms with van der Waals surface area (Å²) in [6.07, 6.45) is 3.09. The van der Waals surface area contributed by atoms with Crippen LogP contribution in [0.1, 0.15) is 17.3 Å². The van der Waals surface area contributed by atoms with Crippen LogP contribution in [0.3, 0.4) is 0 Å². The van der Waals surface area contributed by atoms with Crippen LogP contribution in [0, 0.1) is 0 Å². The summed E-state index contributed by atoms with van der Waals surface area (Å²) >= 11 is 0. The molecule has 0 saturated carbocycles. The Labute approximate surface area is 136 Å². The number of rotatable bonds is 5. The van der Waals surface area contributed by atoms with Gasteiger partial charge in [-0.15, -0.1) is 0 Å². The van der Waals surface area contributed by atoms with E-state index in [4.69, 9.17) is 0 Å². The van der Waals surface area contributed by atoms with Crippen molar-refractivity contribution in [2.24, 2.45) is 0 Å². The SMILES string of the molecule is CC(=O)N1CCN(c2ncc(C(=O)NCCN(C)C)cn2)CC1. The summed E-state index contributed by atoms with van der Waals surface area (Å²) in [6.45, 7) is 5.69. The molecule has 0 atom stereocenters. The van der Waals surface area contributed by atoms with Gasteiger partial charge in [0.25, 0.3) is 5.91 Å². The van der Waals surface area contributed by atoms with Crippen LogP contribution in [0.4, 0.5) is 5.95 Å². The highest BCUT2D eigenvalue weighted by molar-refractivity contribution is 5.93. The van der Waals surface area contributed by atoms with Gasteiger partial charge in [0.2, 0.25) is 11.9 Å². The Balaban J connectivity index is 1.87. The van der Waals surface area contributed by atoms with Gasteiger partial charge in [-0.1, -0.05) is 0 Å². The van der Waals surface area contributed by atoms with E-state index in [1.54, 1.807) is 19.3 Å². The van der Waals surface area contributed by atoms with Crippen LogP contribution in [0.2, 0.25) is 0 Å². The van der Waals surface area contributed by atoms with Gasteiger partial charge in [0.05, 0.1) is 5.56 Å². The van der Waals surface area contributed by atoms with Crippen LogP contribution < -0.4 is 10.2 Å². The normalized spacial score (nSPS) is 15.0. The van der Waals surface area contributed by atoms with E-state index in [9.17, 15) is 9.59 Å². The summed E-state index contributed by atoms with van der Waals surface area (Å²) < 4.78 is 0. The van der Waals surface area contributed by atoms with Crippen LogP contribution >= 0.6 is 0 Å². The molecule has 0 aromatic carbocycles. The van der Waals surface area contributed by atoms with Gasteiger partial charge < -0.3 is 20.0 Å². The van der Waals surface area contributed by atoms with Gasteiger partial charge in [-0.25, -0.2) is 9.97 Å². The van der Waals surface area contributed by atoms with E-state index in [1.165, 1.54) is 0 Å². The van der Waals surface area contributed by atoms with E-state index in [2.05, 4.69) is 15.3 Å². The molecule has 1 fully saturated rings. The first kappa shape index (κ1) is 17.1. The number of likely N-dealkylation sites (N-methyl/N-ethyl adjacent to an activating group) is 1. The summed E-state index contributed by atoms with van der Waals surface area (Å²) in [5, 5.41) is 2.83. The Hall–Kier alpha value is -2.22. The van der Waals surface area contributed by atoms with Gasteiger partial charge in [0.15, 0.2) is 0 Å². The van der Waals surface area contributed by atoms with Crippen LogP contribution in [0.5, 0.6) is 0 Å². The molecule has 0 unspecified atom stereocenters. The van der Waals surface area contributed by atoms with Crippen molar-refractivity contribution in [3.8, 4) is 0 Å². The molecular weight excluding hydrogens is 296 g/mol. The van der Waals surface area contributed by atoms with Crippen LogP contribution in [-0.2, 0) is 4.79 Å². The number of carbonyl (C=O) groups is 2. The highest BCUT2D eigenvalue weighted by Gasteiger charge is 2.20. The molecule has 0 aliphatic carbocycles. The third-order valence-electron chi connectivity index (χ3n) is 3.75. The molecule has 2 heterocycles. The third-order valence-corrected chi connectivity index (χ3v) is 3.75. The lowest BCUT2D eigenvalue weighted by atomic mass is 10.3. The Morgan fingerprint density at radius 1 is 1.17 bits per heavy atom.